The standard InChI is InChI=1S/C18H20N6O2S/c1-10-7-11(2)24-18(19-10)21-14(23-24)8-16(26)20-13-3-4-15(25)22-17(13)12-5-6-27-9-12/h5-7,9,13,17H,3-4,8H2,1-2H3,(H,20,26)(H,22,25)/t13-,17+/m1/s1. The number of hydrogen-bond donors (Lipinski definition) is 2. The number of amides is 2. The van der Waals surface area contributed by atoms with Crippen molar-refractivity contribution in [3.63, 3.8) is 0 Å². The van der Waals surface area contributed by atoms with Gasteiger partial charge in [0.15, 0.2) is 5.82 Å². The number of hydrogen-bond acceptors (Lipinski definition) is 6. The summed E-state index contributed by atoms with van der Waals surface area (Å²) in [6.07, 6.45) is 1.08. The van der Waals surface area contributed by atoms with Crippen molar-refractivity contribution in [2.75, 3.05) is 0 Å². The van der Waals surface area contributed by atoms with Gasteiger partial charge in [0.05, 0.1) is 18.5 Å². The summed E-state index contributed by atoms with van der Waals surface area (Å²) in [6, 6.07) is 3.54. The average molecular weight is 384 g/mol. The van der Waals surface area contributed by atoms with Gasteiger partial charge in [0, 0.05) is 17.8 Å². The van der Waals surface area contributed by atoms with Crippen LogP contribution < -0.4 is 10.6 Å². The number of nitrogens with zero attached hydrogens (tertiary/aromatic N) is 4. The Kier molecular flexibility index (Phi) is 4.61. The maximum absolute atomic E-state index is 12.6. The number of aromatic nitrogens is 4. The van der Waals surface area contributed by atoms with Crippen LogP contribution in [-0.2, 0) is 16.0 Å². The van der Waals surface area contributed by atoms with Crippen LogP contribution in [-0.4, -0.2) is 37.4 Å². The molecule has 8 nitrogen and oxygen atoms in total. The second-order valence-electron chi connectivity index (χ2n) is 6.77. The molecule has 140 valence electrons. The van der Waals surface area contributed by atoms with Gasteiger partial charge < -0.3 is 10.6 Å². The van der Waals surface area contributed by atoms with Crippen LogP contribution >= 0.6 is 11.3 Å². The molecule has 3 aromatic rings. The molecule has 0 unspecified atom stereocenters. The molecule has 9 heteroatoms. The lowest BCUT2D eigenvalue weighted by Crippen LogP contribution is -2.50. The molecule has 2 atom stereocenters. The van der Waals surface area contributed by atoms with E-state index in [1.807, 2.05) is 36.7 Å². The van der Waals surface area contributed by atoms with E-state index in [-0.39, 0.29) is 30.3 Å². The molecule has 1 aliphatic rings. The number of nitrogens with one attached hydrogen (secondary N) is 2. The first kappa shape index (κ1) is 17.6. The number of thiophene rings is 1. The van der Waals surface area contributed by atoms with E-state index in [0.29, 0.717) is 24.4 Å². The minimum atomic E-state index is -0.206. The van der Waals surface area contributed by atoms with Gasteiger partial charge in [-0.3, -0.25) is 9.59 Å². The van der Waals surface area contributed by atoms with Crippen LogP contribution in [0.4, 0.5) is 0 Å². The summed E-state index contributed by atoms with van der Waals surface area (Å²) in [6.45, 7) is 3.83. The minimum Gasteiger partial charge on any atom is -0.351 e. The maximum Gasteiger partial charge on any atom is 0.252 e. The number of carbonyl (C=O) groups is 2. The molecule has 1 saturated heterocycles. The summed E-state index contributed by atoms with van der Waals surface area (Å²) in [5.41, 5.74) is 2.80. The molecule has 3 aromatic heterocycles. The molecular weight excluding hydrogens is 364 g/mol. The first-order chi connectivity index (χ1) is 13.0. The zero-order chi connectivity index (χ0) is 19.0. The summed E-state index contributed by atoms with van der Waals surface area (Å²) in [7, 11) is 0. The average Bonchev–Trinajstić information content (AvgIpc) is 3.26. The van der Waals surface area contributed by atoms with Gasteiger partial charge >= 0.3 is 0 Å². The molecule has 4 rings (SSSR count). The Morgan fingerprint density at radius 1 is 1.41 bits per heavy atom. The Hall–Kier alpha value is -2.81. The Labute approximate surface area is 160 Å². The Balaban J connectivity index is 1.48. The molecular formula is C18H20N6O2S. The Bertz CT molecular complexity index is 997. The van der Waals surface area contributed by atoms with E-state index in [9.17, 15) is 9.59 Å². The van der Waals surface area contributed by atoms with Gasteiger partial charge in [-0.2, -0.15) is 16.3 Å². The van der Waals surface area contributed by atoms with Gasteiger partial charge in [-0.15, -0.1) is 5.10 Å². The first-order valence-electron chi connectivity index (χ1n) is 8.80. The number of rotatable bonds is 4. The molecule has 4 heterocycles. The summed E-state index contributed by atoms with van der Waals surface area (Å²) in [5, 5.41) is 14.4. The fourth-order valence-electron chi connectivity index (χ4n) is 3.41. The number of aryl methyl sites for hydroxylation is 2. The lowest BCUT2D eigenvalue weighted by atomic mass is 9.93. The van der Waals surface area contributed by atoms with Crippen molar-refractivity contribution >= 4 is 28.9 Å². The summed E-state index contributed by atoms with van der Waals surface area (Å²) < 4.78 is 1.64. The molecule has 2 N–H and O–H groups in total. The molecule has 0 spiro atoms. The zero-order valence-electron chi connectivity index (χ0n) is 15.1. The predicted octanol–water partition coefficient (Wildman–Crippen LogP) is 1.48. The van der Waals surface area contributed by atoms with E-state index in [2.05, 4.69) is 25.7 Å². The normalized spacial score (nSPS) is 19.9. The second-order valence-corrected chi connectivity index (χ2v) is 7.55. The number of piperidine rings is 1. The molecule has 1 aliphatic heterocycles. The van der Waals surface area contributed by atoms with Gasteiger partial charge in [-0.25, -0.2) is 9.50 Å². The van der Waals surface area contributed by atoms with Crippen LogP contribution in [0.3, 0.4) is 0 Å². The second kappa shape index (κ2) is 7.07. The molecule has 0 aromatic carbocycles. The van der Waals surface area contributed by atoms with Crippen LogP contribution in [0.25, 0.3) is 5.78 Å². The van der Waals surface area contributed by atoms with Crippen molar-refractivity contribution in [1.82, 2.24) is 30.2 Å². The third-order valence-corrected chi connectivity index (χ3v) is 5.33. The highest BCUT2D eigenvalue weighted by molar-refractivity contribution is 7.08. The van der Waals surface area contributed by atoms with Crippen LogP contribution in [0.1, 0.15) is 41.7 Å². The monoisotopic (exact) mass is 384 g/mol. The van der Waals surface area contributed by atoms with Crippen molar-refractivity contribution in [3.8, 4) is 0 Å². The molecule has 0 bridgehead atoms. The van der Waals surface area contributed by atoms with E-state index in [1.54, 1.807) is 15.9 Å². The number of fused-ring (bicyclic) bond motifs is 1. The summed E-state index contributed by atoms with van der Waals surface area (Å²) in [5.74, 6) is 0.773. The van der Waals surface area contributed by atoms with Gasteiger partial charge in [0.25, 0.3) is 5.78 Å². The van der Waals surface area contributed by atoms with Crippen LogP contribution in [0, 0.1) is 13.8 Å². The van der Waals surface area contributed by atoms with E-state index in [1.165, 1.54) is 0 Å². The lowest BCUT2D eigenvalue weighted by Gasteiger charge is -2.32. The van der Waals surface area contributed by atoms with Crippen molar-refractivity contribution < 1.29 is 9.59 Å². The Morgan fingerprint density at radius 2 is 2.26 bits per heavy atom. The maximum atomic E-state index is 12.6. The van der Waals surface area contributed by atoms with Crippen molar-refractivity contribution in [2.45, 2.75) is 45.2 Å². The van der Waals surface area contributed by atoms with Crippen LogP contribution in [0.5, 0.6) is 0 Å². The fraction of sp³-hybridized carbons (Fsp3) is 0.389. The minimum absolute atomic E-state index is 0.00985. The van der Waals surface area contributed by atoms with Crippen LogP contribution in [0.15, 0.2) is 22.9 Å². The highest BCUT2D eigenvalue weighted by Crippen LogP contribution is 2.26. The van der Waals surface area contributed by atoms with E-state index >= 15 is 0 Å². The predicted molar refractivity (Wildman–Crippen MR) is 100 cm³/mol. The lowest BCUT2D eigenvalue weighted by molar-refractivity contribution is -0.126. The van der Waals surface area contributed by atoms with Gasteiger partial charge in [0.2, 0.25) is 11.8 Å². The number of carbonyl (C=O) groups excluding carboxylic acids is 2. The summed E-state index contributed by atoms with van der Waals surface area (Å²) >= 11 is 1.57. The van der Waals surface area contributed by atoms with Crippen molar-refractivity contribution in [3.05, 3.63) is 45.7 Å². The Morgan fingerprint density at radius 3 is 3.04 bits per heavy atom. The van der Waals surface area contributed by atoms with E-state index in [0.717, 1.165) is 17.0 Å². The highest BCUT2D eigenvalue weighted by Gasteiger charge is 2.31. The third kappa shape index (κ3) is 3.68. The SMILES string of the molecule is Cc1cc(C)n2nc(CC(=O)N[C@@H]3CCC(=O)N[C@H]3c3ccsc3)nc2n1. The fourth-order valence-corrected chi connectivity index (χ4v) is 4.10. The quantitative estimate of drug-likeness (QED) is 0.710. The van der Waals surface area contributed by atoms with Crippen LogP contribution in [0.2, 0.25) is 0 Å². The van der Waals surface area contributed by atoms with Gasteiger partial charge in [-0.05, 0) is 48.7 Å². The summed E-state index contributed by atoms with van der Waals surface area (Å²) in [4.78, 5) is 33.1. The zero-order valence-corrected chi connectivity index (χ0v) is 15.9. The van der Waals surface area contributed by atoms with Gasteiger partial charge in [-0.1, -0.05) is 0 Å². The molecule has 1 fully saturated rings. The molecule has 0 aliphatic carbocycles. The topological polar surface area (TPSA) is 101 Å². The third-order valence-electron chi connectivity index (χ3n) is 4.63. The smallest absolute Gasteiger partial charge is 0.252 e. The molecule has 27 heavy (non-hydrogen) atoms. The highest BCUT2D eigenvalue weighted by atomic mass is 32.1. The van der Waals surface area contributed by atoms with Crippen molar-refractivity contribution in [1.29, 1.82) is 0 Å². The largest absolute Gasteiger partial charge is 0.351 e. The molecule has 0 saturated carbocycles. The van der Waals surface area contributed by atoms with E-state index < -0.39 is 0 Å². The van der Waals surface area contributed by atoms with E-state index in [4.69, 9.17) is 0 Å². The molecule has 0 radical (unpaired) electrons. The van der Waals surface area contributed by atoms with Gasteiger partial charge in [0.1, 0.15) is 0 Å². The van der Waals surface area contributed by atoms with Crippen molar-refractivity contribution in [2.24, 2.45) is 0 Å². The first-order valence-corrected chi connectivity index (χ1v) is 9.74. The molecule has 2 amide bonds.